The highest BCUT2D eigenvalue weighted by Gasteiger charge is 2.38. The van der Waals surface area contributed by atoms with E-state index < -0.39 is 10.0 Å². The van der Waals surface area contributed by atoms with E-state index in [0.29, 0.717) is 24.1 Å². The SMILES string of the molecule is CCC(=O)N(c1ccccc1)[C@H]1C[C@@H](C)N(C(=O)c2ccc(NS(C)(=O)=O)cc2)c2ccccc21. The molecule has 0 aromatic heterocycles. The molecule has 1 aliphatic heterocycles. The summed E-state index contributed by atoms with van der Waals surface area (Å²) in [5.41, 5.74) is 3.37. The van der Waals surface area contributed by atoms with Crippen LogP contribution in [0.1, 0.15) is 48.7 Å². The molecule has 35 heavy (non-hydrogen) atoms. The molecule has 1 heterocycles. The number of para-hydroxylation sites is 2. The second-order valence-electron chi connectivity index (χ2n) is 8.74. The van der Waals surface area contributed by atoms with Gasteiger partial charge < -0.3 is 9.80 Å². The lowest BCUT2D eigenvalue weighted by Gasteiger charge is -2.43. The first-order valence-corrected chi connectivity index (χ1v) is 13.5. The van der Waals surface area contributed by atoms with Crippen molar-refractivity contribution in [3.05, 3.63) is 90.0 Å². The smallest absolute Gasteiger partial charge is 0.258 e. The molecule has 1 aliphatic rings. The molecule has 3 aromatic rings. The van der Waals surface area contributed by atoms with Crippen LogP contribution >= 0.6 is 0 Å². The molecule has 1 N–H and O–H groups in total. The van der Waals surface area contributed by atoms with E-state index in [4.69, 9.17) is 0 Å². The first-order valence-electron chi connectivity index (χ1n) is 11.6. The van der Waals surface area contributed by atoms with E-state index in [1.54, 1.807) is 29.2 Å². The summed E-state index contributed by atoms with van der Waals surface area (Å²) < 4.78 is 25.4. The van der Waals surface area contributed by atoms with Crippen LogP contribution in [0, 0.1) is 0 Å². The number of carbonyl (C=O) groups is 2. The van der Waals surface area contributed by atoms with Crippen LogP contribution in [0.5, 0.6) is 0 Å². The molecule has 0 bridgehead atoms. The zero-order valence-electron chi connectivity index (χ0n) is 20.0. The Morgan fingerprint density at radius 2 is 1.60 bits per heavy atom. The van der Waals surface area contributed by atoms with E-state index in [-0.39, 0.29) is 23.9 Å². The fourth-order valence-corrected chi connectivity index (χ4v) is 5.19. The fourth-order valence-electron chi connectivity index (χ4n) is 4.63. The van der Waals surface area contributed by atoms with Crippen molar-refractivity contribution in [3.63, 3.8) is 0 Å². The third-order valence-corrected chi connectivity index (χ3v) is 6.74. The van der Waals surface area contributed by atoms with Crippen molar-refractivity contribution in [2.75, 3.05) is 20.8 Å². The number of hydrogen-bond donors (Lipinski definition) is 1. The second-order valence-corrected chi connectivity index (χ2v) is 10.5. The monoisotopic (exact) mass is 491 g/mol. The van der Waals surface area contributed by atoms with Crippen LogP contribution in [0.3, 0.4) is 0 Å². The van der Waals surface area contributed by atoms with E-state index in [1.807, 2.05) is 73.3 Å². The van der Waals surface area contributed by atoms with Gasteiger partial charge in [0.1, 0.15) is 0 Å². The predicted octanol–water partition coefficient (Wildman–Crippen LogP) is 4.98. The summed E-state index contributed by atoms with van der Waals surface area (Å²) in [6.07, 6.45) is 2.03. The first kappa shape index (κ1) is 24.5. The zero-order valence-corrected chi connectivity index (χ0v) is 20.8. The molecule has 0 saturated heterocycles. The Morgan fingerprint density at radius 1 is 0.971 bits per heavy atom. The van der Waals surface area contributed by atoms with E-state index in [9.17, 15) is 18.0 Å². The molecule has 8 heteroatoms. The zero-order chi connectivity index (χ0) is 25.2. The largest absolute Gasteiger partial charge is 0.305 e. The third-order valence-electron chi connectivity index (χ3n) is 6.13. The minimum Gasteiger partial charge on any atom is -0.305 e. The number of hydrogen-bond acceptors (Lipinski definition) is 4. The van der Waals surface area contributed by atoms with Gasteiger partial charge in [0.15, 0.2) is 0 Å². The molecule has 0 aliphatic carbocycles. The molecule has 0 spiro atoms. The number of rotatable bonds is 6. The second kappa shape index (κ2) is 9.92. The summed E-state index contributed by atoms with van der Waals surface area (Å²) in [6, 6.07) is 23.3. The predicted molar refractivity (Wildman–Crippen MR) is 139 cm³/mol. The summed E-state index contributed by atoms with van der Waals surface area (Å²) in [6.45, 7) is 3.84. The lowest BCUT2D eigenvalue weighted by Crippen LogP contribution is -2.47. The van der Waals surface area contributed by atoms with Crippen LogP contribution in [0.4, 0.5) is 17.1 Å². The van der Waals surface area contributed by atoms with E-state index in [2.05, 4.69) is 4.72 Å². The molecule has 0 fully saturated rings. The maximum Gasteiger partial charge on any atom is 0.258 e. The molecule has 0 unspecified atom stereocenters. The Bertz CT molecular complexity index is 1320. The molecular weight excluding hydrogens is 462 g/mol. The maximum absolute atomic E-state index is 13.6. The number of nitrogens with one attached hydrogen (secondary N) is 1. The lowest BCUT2D eigenvalue weighted by molar-refractivity contribution is -0.118. The minimum absolute atomic E-state index is 0.0249. The normalized spacial score (nSPS) is 17.4. The van der Waals surface area contributed by atoms with E-state index in [0.717, 1.165) is 23.2 Å². The van der Waals surface area contributed by atoms with Crippen LogP contribution in [0.2, 0.25) is 0 Å². The Kier molecular flexibility index (Phi) is 6.93. The summed E-state index contributed by atoms with van der Waals surface area (Å²) >= 11 is 0. The Morgan fingerprint density at radius 3 is 2.23 bits per heavy atom. The van der Waals surface area contributed by atoms with E-state index >= 15 is 0 Å². The molecular formula is C27H29N3O4S. The van der Waals surface area contributed by atoms with Gasteiger partial charge in [-0.25, -0.2) is 8.42 Å². The van der Waals surface area contributed by atoms with Crippen molar-refractivity contribution >= 4 is 38.9 Å². The molecule has 3 aromatic carbocycles. The van der Waals surface area contributed by atoms with Crippen molar-refractivity contribution in [2.45, 2.75) is 38.8 Å². The Hall–Kier alpha value is -3.65. The van der Waals surface area contributed by atoms with Gasteiger partial charge in [0.05, 0.1) is 12.3 Å². The lowest BCUT2D eigenvalue weighted by atomic mass is 9.89. The molecule has 0 saturated carbocycles. The van der Waals surface area contributed by atoms with Crippen LogP contribution in [0.15, 0.2) is 78.9 Å². The van der Waals surface area contributed by atoms with Crippen molar-refractivity contribution in [2.24, 2.45) is 0 Å². The average Bonchev–Trinajstić information content (AvgIpc) is 2.84. The number of nitrogens with zero attached hydrogens (tertiary/aromatic N) is 2. The summed E-state index contributed by atoms with van der Waals surface area (Å²) in [5, 5.41) is 0. The van der Waals surface area contributed by atoms with Crippen molar-refractivity contribution in [1.29, 1.82) is 0 Å². The van der Waals surface area contributed by atoms with Gasteiger partial charge in [-0.15, -0.1) is 0 Å². The molecule has 182 valence electrons. The number of anilines is 3. The number of fused-ring (bicyclic) bond motifs is 1. The van der Waals surface area contributed by atoms with Gasteiger partial charge in [0.2, 0.25) is 15.9 Å². The summed E-state index contributed by atoms with van der Waals surface area (Å²) in [7, 11) is -3.40. The minimum atomic E-state index is -3.40. The van der Waals surface area contributed by atoms with Crippen LogP contribution in [0.25, 0.3) is 0 Å². The van der Waals surface area contributed by atoms with E-state index in [1.165, 1.54) is 0 Å². The number of sulfonamides is 1. The Balaban J connectivity index is 1.71. The van der Waals surface area contributed by atoms with Gasteiger partial charge in [-0.1, -0.05) is 43.3 Å². The number of amides is 2. The molecule has 2 atom stereocenters. The van der Waals surface area contributed by atoms with Gasteiger partial charge in [0.25, 0.3) is 5.91 Å². The molecule has 7 nitrogen and oxygen atoms in total. The van der Waals surface area contributed by atoms with Gasteiger partial charge in [-0.05, 0) is 61.4 Å². The highest BCUT2D eigenvalue weighted by Crippen LogP contribution is 2.42. The number of benzene rings is 3. The highest BCUT2D eigenvalue weighted by molar-refractivity contribution is 7.92. The van der Waals surface area contributed by atoms with Gasteiger partial charge in [-0.3, -0.25) is 14.3 Å². The standard InChI is InChI=1S/C27H29N3O4S/c1-4-26(31)30(22-10-6-5-7-11-22)25-18-19(2)29(24-13-9-8-12-23(24)25)27(32)20-14-16-21(17-15-20)28-35(3,33)34/h5-17,19,25,28H,4,18H2,1-3H3/t19-,25+/m1/s1. The highest BCUT2D eigenvalue weighted by atomic mass is 32.2. The van der Waals surface area contributed by atoms with Gasteiger partial charge >= 0.3 is 0 Å². The Labute approximate surface area is 206 Å². The molecule has 0 radical (unpaired) electrons. The van der Waals surface area contributed by atoms with Crippen molar-refractivity contribution in [3.8, 4) is 0 Å². The third kappa shape index (κ3) is 5.22. The van der Waals surface area contributed by atoms with Gasteiger partial charge in [-0.2, -0.15) is 0 Å². The maximum atomic E-state index is 13.6. The van der Waals surface area contributed by atoms with Crippen molar-refractivity contribution in [1.82, 2.24) is 0 Å². The first-order chi connectivity index (χ1) is 16.7. The van der Waals surface area contributed by atoms with Crippen LogP contribution in [-0.4, -0.2) is 32.5 Å². The quantitative estimate of drug-likeness (QED) is 0.527. The topological polar surface area (TPSA) is 86.8 Å². The molecule has 2 amide bonds. The average molecular weight is 492 g/mol. The van der Waals surface area contributed by atoms with Gasteiger partial charge in [0, 0.05) is 35.1 Å². The van der Waals surface area contributed by atoms with Crippen LogP contribution < -0.4 is 14.5 Å². The summed E-state index contributed by atoms with van der Waals surface area (Å²) in [5.74, 6) is -0.153. The summed E-state index contributed by atoms with van der Waals surface area (Å²) in [4.78, 5) is 30.3. The number of carbonyl (C=O) groups excluding carboxylic acids is 2. The van der Waals surface area contributed by atoms with Crippen molar-refractivity contribution < 1.29 is 18.0 Å². The molecule has 4 rings (SSSR count). The fraction of sp³-hybridized carbons (Fsp3) is 0.259. The van der Waals surface area contributed by atoms with Crippen LogP contribution in [-0.2, 0) is 14.8 Å².